The highest BCUT2D eigenvalue weighted by molar-refractivity contribution is 7.99. The number of rotatable bonds is 3. The molecule has 2 rings (SSSR count). The summed E-state index contributed by atoms with van der Waals surface area (Å²) >= 11 is 1.70. The van der Waals surface area contributed by atoms with Gasteiger partial charge in [-0.25, -0.2) is 0 Å². The van der Waals surface area contributed by atoms with Gasteiger partial charge >= 0.3 is 0 Å². The van der Waals surface area contributed by atoms with Crippen molar-refractivity contribution in [3.05, 3.63) is 59.7 Å². The third-order valence-electron chi connectivity index (χ3n) is 3.32. The SMILES string of the molecule is C[C@@H](O)c1ccccc1Sc1ccc(C(C)(C)C)cc1. The zero-order valence-electron chi connectivity index (χ0n) is 12.6. The molecule has 0 spiro atoms. The van der Waals surface area contributed by atoms with E-state index >= 15 is 0 Å². The van der Waals surface area contributed by atoms with E-state index in [-0.39, 0.29) is 5.41 Å². The first-order chi connectivity index (χ1) is 9.38. The van der Waals surface area contributed by atoms with Gasteiger partial charge in [0.05, 0.1) is 6.10 Å². The molecule has 0 saturated heterocycles. The molecule has 0 aliphatic heterocycles. The second kappa shape index (κ2) is 6.02. The Kier molecular flexibility index (Phi) is 4.56. The van der Waals surface area contributed by atoms with Crippen LogP contribution in [0.4, 0.5) is 0 Å². The number of aliphatic hydroxyl groups excluding tert-OH is 1. The Labute approximate surface area is 126 Å². The summed E-state index contributed by atoms with van der Waals surface area (Å²) in [4.78, 5) is 2.32. The lowest BCUT2D eigenvalue weighted by atomic mass is 9.87. The van der Waals surface area contributed by atoms with Crippen LogP contribution in [0.25, 0.3) is 0 Å². The van der Waals surface area contributed by atoms with Gasteiger partial charge in [-0.15, -0.1) is 0 Å². The van der Waals surface area contributed by atoms with Crippen molar-refractivity contribution in [1.29, 1.82) is 0 Å². The van der Waals surface area contributed by atoms with Gasteiger partial charge in [-0.2, -0.15) is 0 Å². The van der Waals surface area contributed by atoms with Gasteiger partial charge in [0, 0.05) is 9.79 Å². The maximum Gasteiger partial charge on any atom is 0.0772 e. The third kappa shape index (κ3) is 3.65. The Bertz CT molecular complexity index is 565. The molecule has 1 N–H and O–H groups in total. The smallest absolute Gasteiger partial charge is 0.0772 e. The third-order valence-corrected chi connectivity index (χ3v) is 4.42. The van der Waals surface area contributed by atoms with Crippen molar-refractivity contribution in [2.45, 2.75) is 49.0 Å². The Hall–Kier alpha value is -1.25. The van der Waals surface area contributed by atoms with Crippen molar-refractivity contribution in [2.75, 3.05) is 0 Å². The van der Waals surface area contributed by atoms with Crippen LogP contribution in [0, 0.1) is 0 Å². The molecule has 1 nitrogen and oxygen atoms in total. The molecule has 0 bridgehead atoms. The van der Waals surface area contributed by atoms with E-state index in [0.717, 1.165) is 10.5 Å². The average molecular weight is 286 g/mol. The number of hydrogen-bond acceptors (Lipinski definition) is 2. The number of benzene rings is 2. The summed E-state index contributed by atoms with van der Waals surface area (Å²) in [6, 6.07) is 16.7. The van der Waals surface area contributed by atoms with E-state index in [1.54, 1.807) is 11.8 Å². The van der Waals surface area contributed by atoms with Gasteiger partial charge in [0.1, 0.15) is 0 Å². The van der Waals surface area contributed by atoms with Crippen molar-refractivity contribution >= 4 is 11.8 Å². The van der Waals surface area contributed by atoms with Crippen LogP contribution in [0.15, 0.2) is 58.3 Å². The summed E-state index contributed by atoms with van der Waals surface area (Å²) in [5, 5.41) is 9.82. The van der Waals surface area contributed by atoms with Crippen molar-refractivity contribution in [2.24, 2.45) is 0 Å². The van der Waals surface area contributed by atoms with Gasteiger partial charge < -0.3 is 5.11 Å². The predicted molar refractivity (Wildman–Crippen MR) is 86.3 cm³/mol. The highest BCUT2D eigenvalue weighted by atomic mass is 32.2. The molecule has 0 aliphatic carbocycles. The van der Waals surface area contributed by atoms with Gasteiger partial charge in [-0.3, -0.25) is 0 Å². The molecule has 0 saturated carbocycles. The van der Waals surface area contributed by atoms with Crippen molar-refractivity contribution in [1.82, 2.24) is 0 Å². The lowest BCUT2D eigenvalue weighted by molar-refractivity contribution is 0.196. The second-order valence-electron chi connectivity index (χ2n) is 6.09. The average Bonchev–Trinajstić information content (AvgIpc) is 2.38. The highest BCUT2D eigenvalue weighted by Gasteiger charge is 2.13. The first-order valence-electron chi connectivity index (χ1n) is 6.93. The molecule has 0 radical (unpaired) electrons. The molecule has 0 unspecified atom stereocenters. The second-order valence-corrected chi connectivity index (χ2v) is 7.21. The van der Waals surface area contributed by atoms with E-state index in [1.165, 1.54) is 10.5 Å². The maximum atomic E-state index is 9.82. The van der Waals surface area contributed by atoms with E-state index in [0.29, 0.717) is 0 Å². The molecule has 0 fully saturated rings. The van der Waals surface area contributed by atoms with Crippen molar-refractivity contribution in [3.8, 4) is 0 Å². The highest BCUT2D eigenvalue weighted by Crippen LogP contribution is 2.34. The predicted octanol–water partition coefficient (Wildman–Crippen LogP) is 5.19. The Balaban J connectivity index is 2.23. The summed E-state index contributed by atoms with van der Waals surface area (Å²) in [5.74, 6) is 0. The van der Waals surface area contributed by atoms with Crippen LogP contribution in [-0.4, -0.2) is 5.11 Å². The van der Waals surface area contributed by atoms with E-state index in [1.807, 2.05) is 25.1 Å². The minimum absolute atomic E-state index is 0.181. The van der Waals surface area contributed by atoms with Gasteiger partial charge in [-0.05, 0) is 41.7 Å². The van der Waals surface area contributed by atoms with Gasteiger partial charge in [0.25, 0.3) is 0 Å². The lowest BCUT2D eigenvalue weighted by Gasteiger charge is -2.19. The van der Waals surface area contributed by atoms with E-state index in [4.69, 9.17) is 0 Å². The van der Waals surface area contributed by atoms with Crippen LogP contribution in [0.3, 0.4) is 0 Å². The molecule has 20 heavy (non-hydrogen) atoms. The van der Waals surface area contributed by atoms with Gasteiger partial charge in [0.15, 0.2) is 0 Å². The van der Waals surface area contributed by atoms with Crippen LogP contribution in [-0.2, 0) is 5.41 Å². The van der Waals surface area contributed by atoms with Gasteiger partial charge in [-0.1, -0.05) is 62.9 Å². The summed E-state index contributed by atoms with van der Waals surface area (Å²) < 4.78 is 0. The van der Waals surface area contributed by atoms with Crippen LogP contribution < -0.4 is 0 Å². The minimum Gasteiger partial charge on any atom is -0.389 e. The summed E-state index contributed by atoms with van der Waals surface area (Å²) in [6.45, 7) is 8.47. The minimum atomic E-state index is -0.437. The monoisotopic (exact) mass is 286 g/mol. The molecule has 2 heteroatoms. The molecular weight excluding hydrogens is 264 g/mol. The van der Waals surface area contributed by atoms with E-state index < -0.39 is 6.10 Å². The van der Waals surface area contributed by atoms with Crippen LogP contribution in [0.5, 0.6) is 0 Å². The Morgan fingerprint density at radius 3 is 2.10 bits per heavy atom. The van der Waals surface area contributed by atoms with Gasteiger partial charge in [0.2, 0.25) is 0 Å². The Morgan fingerprint density at radius 1 is 0.950 bits per heavy atom. The molecule has 2 aromatic carbocycles. The van der Waals surface area contributed by atoms with Crippen LogP contribution in [0.2, 0.25) is 0 Å². The zero-order valence-corrected chi connectivity index (χ0v) is 13.4. The first kappa shape index (κ1) is 15.1. The van der Waals surface area contributed by atoms with E-state index in [9.17, 15) is 5.11 Å². The molecule has 0 heterocycles. The molecule has 0 amide bonds. The molecule has 1 atom stereocenters. The number of aliphatic hydroxyl groups is 1. The summed E-state index contributed by atoms with van der Waals surface area (Å²) in [6.07, 6.45) is -0.437. The Morgan fingerprint density at radius 2 is 1.55 bits per heavy atom. The largest absolute Gasteiger partial charge is 0.389 e. The molecular formula is C18H22OS. The topological polar surface area (TPSA) is 20.2 Å². The number of hydrogen-bond donors (Lipinski definition) is 1. The van der Waals surface area contributed by atoms with Crippen LogP contribution >= 0.6 is 11.8 Å². The molecule has 2 aromatic rings. The fourth-order valence-electron chi connectivity index (χ4n) is 2.07. The first-order valence-corrected chi connectivity index (χ1v) is 7.75. The lowest BCUT2D eigenvalue weighted by Crippen LogP contribution is -2.10. The van der Waals surface area contributed by atoms with E-state index in [2.05, 4.69) is 51.1 Å². The maximum absolute atomic E-state index is 9.82. The summed E-state index contributed by atoms with van der Waals surface area (Å²) in [7, 11) is 0. The standard InChI is InChI=1S/C18H22OS/c1-13(19)16-7-5-6-8-17(16)20-15-11-9-14(10-12-15)18(2,3)4/h5-13,19H,1-4H3/t13-/m1/s1. The zero-order chi connectivity index (χ0) is 14.8. The van der Waals surface area contributed by atoms with Crippen molar-refractivity contribution < 1.29 is 5.11 Å². The molecule has 106 valence electrons. The fraction of sp³-hybridized carbons (Fsp3) is 0.333. The fourth-order valence-corrected chi connectivity index (χ4v) is 3.10. The quantitative estimate of drug-likeness (QED) is 0.838. The summed E-state index contributed by atoms with van der Waals surface area (Å²) in [5.41, 5.74) is 2.50. The van der Waals surface area contributed by atoms with Crippen molar-refractivity contribution in [3.63, 3.8) is 0 Å². The molecule has 0 aliphatic rings. The molecule has 0 aromatic heterocycles. The normalized spacial score (nSPS) is 13.2. The van der Waals surface area contributed by atoms with Crippen LogP contribution in [0.1, 0.15) is 44.9 Å².